The largest absolute Gasteiger partial charge is 0.496 e. The van der Waals surface area contributed by atoms with Crippen LogP contribution in [-0.2, 0) is 9.47 Å². The summed E-state index contributed by atoms with van der Waals surface area (Å²) in [6, 6.07) is 7.67. The van der Waals surface area contributed by atoms with Crippen molar-refractivity contribution in [1.82, 2.24) is 0 Å². The molecule has 142 valence electrons. The van der Waals surface area contributed by atoms with Crippen LogP contribution in [0.25, 0.3) is 10.8 Å². The van der Waals surface area contributed by atoms with E-state index in [2.05, 4.69) is 0 Å². The zero-order valence-corrected chi connectivity index (χ0v) is 15.9. The predicted molar refractivity (Wildman–Crippen MR) is 98.1 cm³/mol. The lowest BCUT2D eigenvalue weighted by Gasteiger charge is -2.22. The zero-order chi connectivity index (χ0) is 18.9. The number of hydrogen-bond donors (Lipinski definition) is 1. The van der Waals surface area contributed by atoms with Gasteiger partial charge in [-0.1, -0.05) is 12.1 Å². The second kappa shape index (κ2) is 7.31. The van der Waals surface area contributed by atoms with E-state index in [1.807, 2.05) is 38.1 Å². The van der Waals surface area contributed by atoms with Gasteiger partial charge in [0.2, 0.25) is 0 Å². The quantitative estimate of drug-likeness (QED) is 0.849. The van der Waals surface area contributed by atoms with Crippen LogP contribution in [0, 0.1) is 0 Å². The molecule has 1 fully saturated rings. The number of aliphatic hydroxyl groups excluding tert-OH is 1. The average molecular weight is 362 g/mol. The molecule has 0 aliphatic carbocycles. The van der Waals surface area contributed by atoms with Gasteiger partial charge in [0.15, 0.2) is 5.79 Å². The van der Waals surface area contributed by atoms with Crippen molar-refractivity contribution in [2.75, 3.05) is 27.9 Å². The lowest BCUT2D eigenvalue weighted by molar-refractivity contribution is -0.147. The second-order valence-electron chi connectivity index (χ2n) is 6.69. The highest BCUT2D eigenvalue weighted by molar-refractivity contribution is 5.99. The molecule has 1 N–H and O–H groups in total. The maximum atomic E-state index is 9.42. The zero-order valence-electron chi connectivity index (χ0n) is 15.9. The third-order valence-electron chi connectivity index (χ3n) is 4.61. The van der Waals surface area contributed by atoms with Crippen LogP contribution < -0.4 is 14.2 Å². The minimum Gasteiger partial charge on any atom is -0.496 e. The third kappa shape index (κ3) is 3.20. The average Bonchev–Trinajstić information content (AvgIpc) is 2.94. The van der Waals surface area contributed by atoms with Crippen molar-refractivity contribution in [2.24, 2.45) is 0 Å². The Morgan fingerprint density at radius 2 is 1.77 bits per heavy atom. The van der Waals surface area contributed by atoms with Gasteiger partial charge in [0, 0.05) is 17.6 Å². The Bertz CT molecular complexity index is 785. The van der Waals surface area contributed by atoms with Crippen LogP contribution in [0.5, 0.6) is 17.2 Å². The van der Waals surface area contributed by atoms with Crippen molar-refractivity contribution < 1.29 is 28.8 Å². The molecule has 0 amide bonds. The number of benzene rings is 2. The second-order valence-corrected chi connectivity index (χ2v) is 6.69. The smallest absolute Gasteiger partial charge is 0.164 e. The van der Waals surface area contributed by atoms with E-state index in [9.17, 15) is 5.11 Å². The minimum atomic E-state index is -0.744. The van der Waals surface area contributed by atoms with Crippen LogP contribution in [0.3, 0.4) is 0 Å². The fraction of sp³-hybridized carbons (Fsp3) is 0.500. The van der Waals surface area contributed by atoms with Gasteiger partial charge in [0.05, 0.1) is 32.8 Å². The first kappa shape index (κ1) is 18.8. The third-order valence-corrected chi connectivity index (χ3v) is 4.61. The van der Waals surface area contributed by atoms with Gasteiger partial charge >= 0.3 is 0 Å². The molecule has 6 nitrogen and oxygen atoms in total. The first-order chi connectivity index (χ1) is 12.5. The molecule has 2 aromatic carbocycles. The van der Waals surface area contributed by atoms with Gasteiger partial charge in [-0.15, -0.1) is 0 Å². The molecule has 3 rings (SSSR count). The number of aliphatic hydroxyl groups is 1. The van der Waals surface area contributed by atoms with Crippen molar-refractivity contribution in [3.63, 3.8) is 0 Å². The molecule has 2 atom stereocenters. The Kier molecular flexibility index (Phi) is 5.27. The summed E-state index contributed by atoms with van der Waals surface area (Å²) in [7, 11) is 4.88. The standard InChI is InChI=1S/C20H26O6/c1-20(2)25-15(9-10-21)19(26-20)13-11-16(23-4)17-12(18(13)24-5)7-6-8-14(17)22-3/h6-8,11,15,19,21H,9-10H2,1-5H3/t15-,19-/m1/s1. The van der Waals surface area contributed by atoms with Gasteiger partial charge in [0.1, 0.15) is 23.4 Å². The Morgan fingerprint density at radius 1 is 1.04 bits per heavy atom. The maximum Gasteiger partial charge on any atom is 0.164 e. The highest BCUT2D eigenvalue weighted by Crippen LogP contribution is 2.48. The Hall–Kier alpha value is -2.02. The van der Waals surface area contributed by atoms with Crippen molar-refractivity contribution >= 4 is 10.8 Å². The minimum absolute atomic E-state index is 0.0153. The summed E-state index contributed by atoms with van der Waals surface area (Å²) in [6.07, 6.45) is -0.191. The monoisotopic (exact) mass is 362 g/mol. The van der Waals surface area contributed by atoms with E-state index in [0.717, 1.165) is 16.3 Å². The summed E-state index contributed by atoms with van der Waals surface area (Å²) in [5.41, 5.74) is 0.828. The molecule has 0 bridgehead atoms. The topological polar surface area (TPSA) is 66.4 Å². The Labute approximate surface area is 153 Å². The van der Waals surface area contributed by atoms with E-state index in [-0.39, 0.29) is 18.8 Å². The van der Waals surface area contributed by atoms with Gasteiger partial charge in [-0.25, -0.2) is 0 Å². The van der Waals surface area contributed by atoms with Gasteiger partial charge in [-0.2, -0.15) is 0 Å². The molecule has 0 spiro atoms. The number of hydrogen-bond acceptors (Lipinski definition) is 6. The SMILES string of the molecule is COc1c([C@H]2OC(C)(C)O[C@@H]2CCO)cc(OC)c2c(OC)cccc12. The predicted octanol–water partition coefficient (Wildman–Crippen LogP) is 3.44. The van der Waals surface area contributed by atoms with Gasteiger partial charge in [-0.05, 0) is 32.4 Å². The van der Waals surface area contributed by atoms with Crippen molar-refractivity contribution in [2.45, 2.75) is 38.3 Å². The van der Waals surface area contributed by atoms with E-state index < -0.39 is 5.79 Å². The molecule has 0 aromatic heterocycles. The Morgan fingerprint density at radius 3 is 2.38 bits per heavy atom. The Balaban J connectivity index is 2.23. The molecule has 0 saturated carbocycles. The molecule has 1 heterocycles. The number of rotatable bonds is 6. The lowest BCUT2D eigenvalue weighted by atomic mass is 9.96. The maximum absolute atomic E-state index is 9.42. The summed E-state index contributed by atoms with van der Waals surface area (Å²) in [5, 5.41) is 11.1. The summed E-state index contributed by atoms with van der Waals surface area (Å²) in [4.78, 5) is 0. The molecule has 2 aromatic rings. The van der Waals surface area contributed by atoms with E-state index in [0.29, 0.717) is 23.7 Å². The lowest BCUT2D eigenvalue weighted by Crippen LogP contribution is -2.21. The van der Waals surface area contributed by atoms with Crippen LogP contribution in [0.2, 0.25) is 0 Å². The molecule has 0 unspecified atom stereocenters. The summed E-state index contributed by atoms with van der Waals surface area (Å²) in [5.74, 6) is 1.32. The first-order valence-corrected chi connectivity index (χ1v) is 8.63. The summed E-state index contributed by atoms with van der Waals surface area (Å²) >= 11 is 0. The molecule has 6 heteroatoms. The fourth-order valence-corrected chi connectivity index (χ4v) is 3.62. The summed E-state index contributed by atoms with van der Waals surface area (Å²) in [6.45, 7) is 3.75. The normalized spacial score (nSPS) is 21.8. The molecular formula is C20H26O6. The van der Waals surface area contributed by atoms with Crippen molar-refractivity contribution in [1.29, 1.82) is 0 Å². The van der Waals surface area contributed by atoms with E-state index in [4.69, 9.17) is 23.7 Å². The summed E-state index contributed by atoms with van der Waals surface area (Å²) < 4.78 is 29.0. The van der Waals surface area contributed by atoms with E-state index >= 15 is 0 Å². The molecule has 1 aliphatic rings. The molecular weight excluding hydrogens is 336 g/mol. The van der Waals surface area contributed by atoms with Crippen LogP contribution in [0.15, 0.2) is 24.3 Å². The van der Waals surface area contributed by atoms with E-state index in [1.54, 1.807) is 21.3 Å². The first-order valence-electron chi connectivity index (χ1n) is 8.63. The molecule has 1 saturated heterocycles. The fourth-order valence-electron chi connectivity index (χ4n) is 3.62. The number of ether oxygens (including phenoxy) is 5. The van der Waals surface area contributed by atoms with Crippen molar-refractivity contribution in [3.8, 4) is 17.2 Å². The van der Waals surface area contributed by atoms with Crippen molar-refractivity contribution in [3.05, 3.63) is 29.8 Å². The highest BCUT2D eigenvalue weighted by Gasteiger charge is 2.43. The van der Waals surface area contributed by atoms with Crippen LogP contribution in [-0.4, -0.2) is 44.9 Å². The number of methoxy groups -OCH3 is 3. The van der Waals surface area contributed by atoms with Crippen LogP contribution in [0.4, 0.5) is 0 Å². The van der Waals surface area contributed by atoms with Crippen LogP contribution in [0.1, 0.15) is 31.9 Å². The van der Waals surface area contributed by atoms with Gasteiger partial charge < -0.3 is 28.8 Å². The van der Waals surface area contributed by atoms with Gasteiger partial charge in [0.25, 0.3) is 0 Å². The number of fused-ring (bicyclic) bond motifs is 1. The van der Waals surface area contributed by atoms with Crippen LogP contribution >= 0.6 is 0 Å². The van der Waals surface area contributed by atoms with E-state index in [1.165, 1.54) is 0 Å². The van der Waals surface area contributed by atoms with Gasteiger partial charge in [-0.3, -0.25) is 0 Å². The molecule has 0 radical (unpaired) electrons. The molecule has 26 heavy (non-hydrogen) atoms. The molecule has 1 aliphatic heterocycles. The highest BCUT2D eigenvalue weighted by atomic mass is 16.8.